The normalized spacial score (nSPS) is 20.8. The SMILES string of the molecule is CC(=O)N1CCN(C(=O)c2ccc(-c3cc(Cl)c(CC4CCN(C5CCCCC5)C4=O)c(Cl)c3)cc2)CC1. The summed E-state index contributed by atoms with van der Waals surface area (Å²) in [7, 11) is 0. The molecule has 1 atom stereocenters. The van der Waals surface area contributed by atoms with Crippen LogP contribution in [0.3, 0.4) is 0 Å². The predicted molar refractivity (Wildman–Crippen MR) is 150 cm³/mol. The third kappa shape index (κ3) is 5.72. The van der Waals surface area contributed by atoms with Gasteiger partial charge in [0.1, 0.15) is 0 Å². The lowest BCUT2D eigenvalue weighted by atomic mass is 9.93. The van der Waals surface area contributed by atoms with Crippen molar-refractivity contribution in [3.8, 4) is 11.1 Å². The van der Waals surface area contributed by atoms with Crippen molar-refractivity contribution in [3.63, 3.8) is 0 Å². The maximum absolute atomic E-state index is 13.2. The first-order chi connectivity index (χ1) is 18.3. The van der Waals surface area contributed by atoms with Crippen molar-refractivity contribution in [1.82, 2.24) is 14.7 Å². The van der Waals surface area contributed by atoms with Gasteiger partial charge < -0.3 is 14.7 Å². The molecule has 6 nitrogen and oxygen atoms in total. The van der Waals surface area contributed by atoms with Crippen molar-refractivity contribution in [2.24, 2.45) is 5.92 Å². The van der Waals surface area contributed by atoms with Gasteiger partial charge in [0.25, 0.3) is 5.91 Å². The topological polar surface area (TPSA) is 60.9 Å². The molecule has 2 aromatic rings. The number of benzene rings is 2. The fraction of sp³-hybridized carbons (Fsp3) is 0.500. The number of carbonyl (C=O) groups excluding carboxylic acids is 3. The third-order valence-corrected chi connectivity index (χ3v) is 9.11. The quantitative estimate of drug-likeness (QED) is 0.476. The van der Waals surface area contributed by atoms with Crippen LogP contribution >= 0.6 is 23.2 Å². The molecule has 202 valence electrons. The minimum atomic E-state index is -0.0691. The molecule has 2 aliphatic heterocycles. The maximum Gasteiger partial charge on any atom is 0.253 e. The average molecular weight is 557 g/mol. The molecular formula is C30H35Cl2N3O3. The van der Waals surface area contributed by atoms with Gasteiger partial charge in [0.05, 0.1) is 0 Å². The fourth-order valence-electron chi connectivity index (χ4n) is 6.13. The fourth-order valence-corrected chi connectivity index (χ4v) is 6.77. The summed E-state index contributed by atoms with van der Waals surface area (Å²) in [5.74, 6) is 0.187. The van der Waals surface area contributed by atoms with Crippen LogP contribution in [0.5, 0.6) is 0 Å². The van der Waals surface area contributed by atoms with Gasteiger partial charge in [-0.15, -0.1) is 0 Å². The van der Waals surface area contributed by atoms with Crippen LogP contribution in [0, 0.1) is 5.92 Å². The molecule has 2 saturated heterocycles. The molecule has 1 saturated carbocycles. The van der Waals surface area contributed by atoms with Crippen LogP contribution in [0.15, 0.2) is 36.4 Å². The predicted octanol–water partition coefficient (Wildman–Crippen LogP) is 5.69. The lowest BCUT2D eigenvalue weighted by molar-refractivity contribution is -0.133. The van der Waals surface area contributed by atoms with Crippen LogP contribution in [0.1, 0.15) is 61.4 Å². The Kier molecular flexibility index (Phi) is 8.29. The first kappa shape index (κ1) is 27.0. The van der Waals surface area contributed by atoms with E-state index in [4.69, 9.17) is 23.2 Å². The first-order valence-electron chi connectivity index (χ1n) is 13.8. The number of rotatable bonds is 5. The van der Waals surface area contributed by atoms with Gasteiger partial charge in [-0.05, 0) is 66.6 Å². The zero-order chi connectivity index (χ0) is 26.8. The van der Waals surface area contributed by atoms with Crippen LogP contribution in [-0.2, 0) is 16.0 Å². The molecule has 5 rings (SSSR count). The van der Waals surface area contributed by atoms with E-state index in [9.17, 15) is 14.4 Å². The first-order valence-corrected chi connectivity index (χ1v) is 14.5. The minimum Gasteiger partial charge on any atom is -0.339 e. The van der Waals surface area contributed by atoms with Crippen molar-refractivity contribution in [1.29, 1.82) is 0 Å². The summed E-state index contributed by atoms with van der Waals surface area (Å²) < 4.78 is 0. The molecule has 8 heteroatoms. The van der Waals surface area contributed by atoms with Crippen LogP contribution < -0.4 is 0 Å². The number of likely N-dealkylation sites (tertiary alicyclic amines) is 1. The molecule has 1 aliphatic carbocycles. The highest BCUT2D eigenvalue weighted by Gasteiger charge is 2.36. The monoisotopic (exact) mass is 555 g/mol. The van der Waals surface area contributed by atoms with E-state index in [-0.39, 0.29) is 23.6 Å². The molecule has 0 bridgehead atoms. The molecule has 0 radical (unpaired) electrons. The third-order valence-electron chi connectivity index (χ3n) is 8.44. The summed E-state index contributed by atoms with van der Waals surface area (Å²) in [5, 5.41) is 1.14. The van der Waals surface area contributed by atoms with E-state index in [1.807, 2.05) is 36.4 Å². The molecule has 2 aromatic carbocycles. The van der Waals surface area contributed by atoms with Crippen LogP contribution in [0.25, 0.3) is 11.1 Å². The zero-order valence-electron chi connectivity index (χ0n) is 21.9. The second-order valence-electron chi connectivity index (χ2n) is 10.8. The highest BCUT2D eigenvalue weighted by Crippen LogP contribution is 2.36. The molecule has 3 amide bonds. The Hall–Kier alpha value is -2.57. The maximum atomic E-state index is 13.2. The summed E-state index contributed by atoms with van der Waals surface area (Å²) in [6.45, 7) is 4.59. The molecular weight excluding hydrogens is 521 g/mol. The second kappa shape index (κ2) is 11.7. The van der Waals surface area contributed by atoms with Crippen molar-refractivity contribution in [2.75, 3.05) is 32.7 Å². The molecule has 1 unspecified atom stereocenters. The Balaban J connectivity index is 1.24. The number of halogens is 2. The van der Waals surface area contributed by atoms with Gasteiger partial charge >= 0.3 is 0 Å². The summed E-state index contributed by atoms with van der Waals surface area (Å²) in [4.78, 5) is 43.3. The van der Waals surface area contributed by atoms with Crippen molar-refractivity contribution in [2.45, 2.75) is 57.9 Å². The Morgan fingerprint density at radius 1 is 0.816 bits per heavy atom. The molecule has 0 spiro atoms. The van der Waals surface area contributed by atoms with Crippen LogP contribution in [0.2, 0.25) is 10.0 Å². The van der Waals surface area contributed by atoms with E-state index >= 15 is 0 Å². The van der Waals surface area contributed by atoms with Crippen molar-refractivity contribution >= 4 is 40.9 Å². The van der Waals surface area contributed by atoms with Gasteiger partial charge in [0, 0.05) is 67.2 Å². The standard InChI is InChI=1S/C30H35Cl2N3O3/c1-20(36)33-13-15-34(16-14-33)29(37)22-9-7-21(8-10-22)24-18-27(31)26(28(32)19-24)17-23-11-12-35(30(23)38)25-5-3-2-4-6-25/h7-10,18-19,23,25H,2-6,11-17H2,1H3. The van der Waals surface area contributed by atoms with Gasteiger partial charge in [0.15, 0.2) is 0 Å². The largest absolute Gasteiger partial charge is 0.339 e. The molecule has 0 N–H and O–H groups in total. The van der Waals surface area contributed by atoms with Gasteiger partial charge in [-0.3, -0.25) is 14.4 Å². The molecule has 2 heterocycles. The number of nitrogens with zero attached hydrogens (tertiary/aromatic N) is 3. The lowest BCUT2D eigenvalue weighted by Crippen LogP contribution is -2.50. The zero-order valence-corrected chi connectivity index (χ0v) is 23.4. The Bertz CT molecular complexity index is 1180. The van der Waals surface area contributed by atoms with Gasteiger partial charge in [-0.25, -0.2) is 0 Å². The summed E-state index contributed by atoms with van der Waals surface area (Å²) >= 11 is 13.4. The number of amides is 3. The Morgan fingerprint density at radius 2 is 1.42 bits per heavy atom. The number of hydrogen-bond acceptors (Lipinski definition) is 3. The van der Waals surface area contributed by atoms with Crippen LogP contribution in [0.4, 0.5) is 0 Å². The molecule has 0 aromatic heterocycles. The summed E-state index contributed by atoms with van der Waals surface area (Å²) in [6, 6.07) is 11.7. The van der Waals surface area contributed by atoms with Gasteiger partial charge in [-0.1, -0.05) is 54.6 Å². The van der Waals surface area contributed by atoms with Gasteiger partial charge in [-0.2, -0.15) is 0 Å². The van der Waals surface area contributed by atoms with E-state index in [2.05, 4.69) is 4.90 Å². The molecule has 38 heavy (non-hydrogen) atoms. The summed E-state index contributed by atoms with van der Waals surface area (Å²) in [6.07, 6.45) is 7.35. The van der Waals surface area contributed by atoms with E-state index in [0.29, 0.717) is 54.3 Å². The van der Waals surface area contributed by atoms with Crippen LogP contribution in [-0.4, -0.2) is 71.2 Å². The van der Waals surface area contributed by atoms with Crippen molar-refractivity contribution < 1.29 is 14.4 Å². The van der Waals surface area contributed by atoms with E-state index in [1.165, 1.54) is 19.3 Å². The van der Waals surface area contributed by atoms with Crippen molar-refractivity contribution in [3.05, 3.63) is 57.6 Å². The Morgan fingerprint density at radius 3 is 2.03 bits per heavy atom. The smallest absolute Gasteiger partial charge is 0.253 e. The number of piperazine rings is 1. The average Bonchev–Trinajstić information content (AvgIpc) is 3.30. The second-order valence-corrected chi connectivity index (χ2v) is 11.6. The summed E-state index contributed by atoms with van der Waals surface area (Å²) in [5.41, 5.74) is 3.23. The number of hydrogen-bond donors (Lipinski definition) is 0. The van der Waals surface area contributed by atoms with E-state index < -0.39 is 0 Å². The minimum absolute atomic E-state index is 0.0327. The van der Waals surface area contributed by atoms with E-state index in [1.54, 1.807) is 16.7 Å². The highest BCUT2D eigenvalue weighted by molar-refractivity contribution is 6.36. The van der Waals surface area contributed by atoms with Gasteiger partial charge in [0.2, 0.25) is 11.8 Å². The number of carbonyl (C=O) groups is 3. The van der Waals surface area contributed by atoms with E-state index in [0.717, 1.165) is 42.5 Å². The Labute approximate surface area is 234 Å². The lowest BCUT2D eigenvalue weighted by Gasteiger charge is -2.34. The highest BCUT2D eigenvalue weighted by atomic mass is 35.5. The molecule has 3 aliphatic rings. The molecule has 3 fully saturated rings.